The second-order valence-corrected chi connectivity index (χ2v) is 7.83. The second-order valence-electron chi connectivity index (χ2n) is 5.94. The van der Waals surface area contributed by atoms with Crippen LogP contribution in [0.2, 0.25) is 0 Å². The van der Waals surface area contributed by atoms with Gasteiger partial charge in [0.25, 0.3) is 0 Å². The molecule has 2 aromatic rings. The van der Waals surface area contributed by atoms with Crippen LogP contribution in [0.4, 0.5) is 5.69 Å². The molecule has 1 aromatic carbocycles. The fourth-order valence-electron chi connectivity index (χ4n) is 3.00. The van der Waals surface area contributed by atoms with Crippen molar-refractivity contribution in [3.63, 3.8) is 0 Å². The summed E-state index contributed by atoms with van der Waals surface area (Å²) in [6, 6.07) is 9.60. The summed E-state index contributed by atoms with van der Waals surface area (Å²) in [4.78, 5) is 27.9. The summed E-state index contributed by atoms with van der Waals surface area (Å²) in [6.07, 6.45) is 1.86. The first-order valence-corrected chi connectivity index (χ1v) is 9.24. The first kappa shape index (κ1) is 14.9. The molecule has 0 bridgehead atoms. The van der Waals surface area contributed by atoms with E-state index in [1.54, 1.807) is 16.2 Å². The smallest absolute Gasteiger partial charge is 0.244 e. The Balaban J connectivity index is 1.87. The highest BCUT2D eigenvalue weighted by molar-refractivity contribution is 9.10. The Kier molecular flexibility index (Phi) is 3.73. The van der Waals surface area contributed by atoms with E-state index in [0.29, 0.717) is 0 Å². The summed E-state index contributed by atoms with van der Waals surface area (Å²) in [7, 11) is 0. The Morgan fingerprint density at radius 3 is 2.83 bits per heavy atom. The number of anilines is 1. The summed E-state index contributed by atoms with van der Waals surface area (Å²) < 4.78 is 0.938. The van der Waals surface area contributed by atoms with Crippen LogP contribution in [-0.4, -0.2) is 23.3 Å². The minimum Gasteiger partial charge on any atom is -0.324 e. The normalized spacial score (nSPS) is 20.7. The molecule has 1 aliphatic carbocycles. The van der Waals surface area contributed by atoms with Gasteiger partial charge in [-0.1, -0.05) is 22.0 Å². The van der Waals surface area contributed by atoms with Crippen LogP contribution in [0.3, 0.4) is 0 Å². The average Bonchev–Trinajstić information content (AvgIpc) is 3.27. The summed E-state index contributed by atoms with van der Waals surface area (Å²) in [5.41, 5.74) is 1.74. The van der Waals surface area contributed by atoms with Gasteiger partial charge in [-0.15, -0.1) is 11.3 Å². The number of carbonyl (C=O) groups is 2. The number of halogens is 1. The molecule has 2 heterocycles. The number of nitrogens with one attached hydrogen (secondary N) is 1. The summed E-state index contributed by atoms with van der Waals surface area (Å²) in [5.74, 6) is 0.0342. The SMILES string of the molecule is O=C1CN(C(=O)C2CC2)C(c2cccs2)c2cc(Br)ccc2N1. The van der Waals surface area contributed by atoms with E-state index in [2.05, 4.69) is 21.2 Å². The van der Waals surface area contributed by atoms with Crippen molar-refractivity contribution in [2.75, 3.05) is 11.9 Å². The third-order valence-corrected chi connectivity index (χ3v) is 5.65. The maximum absolute atomic E-state index is 12.8. The Morgan fingerprint density at radius 2 is 2.13 bits per heavy atom. The molecule has 1 N–H and O–H groups in total. The van der Waals surface area contributed by atoms with Crippen molar-refractivity contribution in [3.8, 4) is 0 Å². The van der Waals surface area contributed by atoms with Gasteiger partial charge in [0.1, 0.15) is 6.54 Å². The number of hydrogen-bond donors (Lipinski definition) is 1. The maximum Gasteiger partial charge on any atom is 0.244 e. The van der Waals surface area contributed by atoms with Crippen LogP contribution in [0.5, 0.6) is 0 Å². The lowest BCUT2D eigenvalue weighted by Crippen LogP contribution is -2.39. The first-order valence-electron chi connectivity index (χ1n) is 7.56. The molecular formula is C17H15BrN2O2S. The van der Waals surface area contributed by atoms with E-state index in [4.69, 9.17) is 0 Å². The van der Waals surface area contributed by atoms with Crippen LogP contribution in [0.1, 0.15) is 29.3 Å². The average molecular weight is 391 g/mol. The predicted octanol–water partition coefficient (Wildman–Crippen LogP) is 3.79. The fourth-order valence-corrected chi connectivity index (χ4v) is 4.23. The Labute approximate surface area is 146 Å². The number of carbonyl (C=O) groups excluding carboxylic acids is 2. The first-order chi connectivity index (χ1) is 11.1. The van der Waals surface area contributed by atoms with Crippen molar-refractivity contribution in [2.45, 2.75) is 18.9 Å². The van der Waals surface area contributed by atoms with Gasteiger partial charge in [0, 0.05) is 26.5 Å². The zero-order chi connectivity index (χ0) is 16.0. The largest absolute Gasteiger partial charge is 0.324 e. The molecule has 0 spiro atoms. The molecule has 6 heteroatoms. The molecule has 4 rings (SSSR count). The molecule has 4 nitrogen and oxygen atoms in total. The van der Waals surface area contributed by atoms with Crippen molar-refractivity contribution >= 4 is 44.8 Å². The Morgan fingerprint density at radius 1 is 1.30 bits per heavy atom. The third-order valence-electron chi connectivity index (χ3n) is 4.23. The van der Waals surface area contributed by atoms with E-state index in [9.17, 15) is 9.59 Å². The van der Waals surface area contributed by atoms with Gasteiger partial charge in [0.05, 0.1) is 6.04 Å². The minimum absolute atomic E-state index is 0.0824. The number of hydrogen-bond acceptors (Lipinski definition) is 3. The van der Waals surface area contributed by atoms with Crippen molar-refractivity contribution in [1.82, 2.24) is 4.90 Å². The van der Waals surface area contributed by atoms with Crippen LogP contribution in [0.25, 0.3) is 0 Å². The van der Waals surface area contributed by atoms with Crippen molar-refractivity contribution in [1.29, 1.82) is 0 Å². The molecule has 1 fully saturated rings. The van der Waals surface area contributed by atoms with Gasteiger partial charge >= 0.3 is 0 Å². The van der Waals surface area contributed by atoms with E-state index in [1.165, 1.54) is 0 Å². The maximum atomic E-state index is 12.8. The van der Waals surface area contributed by atoms with Gasteiger partial charge in [-0.25, -0.2) is 0 Å². The lowest BCUT2D eigenvalue weighted by Gasteiger charge is -2.29. The standard InChI is InChI=1S/C17H15BrN2O2S/c18-11-5-6-13-12(8-11)16(14-2-1-7-23-14)20(9-15(21)19-13)17(22)10-3-4-10/h1-2,5-8,10,16H,3-4,9H2,(H,19,21). The zero-order valence-electron chi connectivity index (χ0n) is 12.3. The number of amides is 2. The molecule has 1 atom stereocenters. The molecule has 2 amide bonds. The van der Waals surface area contributed by atoms with Crippen LogP contribution in [0, 0.1) is 5.92 Å². The number of fused-ring (bicyclic) bond motifs is 1. The summed E-state index contributed by atoms with van der Waals surface area (Å²) in [5, 5.41) is 4.94. The molecule has 1 aromatic heterocycles. The van der Waals surface area contributed by atoms with Gasteiger partial charge in [0.15, 0.2) is 0 Å². The van der Waals surface area contributed by atoms with E-state index in [1.807, 2.05) is 35.7 Å². The molecule has 1 unspecified atom stereocenters. The highest BCUT2D eigenvalue weighted by Gasteiger charge is 2.40. The van der Waals surface area contributed by atoms with E-state index < -0.39 is 0 Å². The van der Waals surface area contributed by atoms with Gasteiger partial charge in [-0.2, -0.15) is 0 Å². The minimum atomic E-state index is -0.213. The molecule has 1 saturated carbocycles. The number of nitrogens with zero attached hydrogens (tertiary/aromatic N) is 1. The Bertz CT molecular complexity index is 771. The van der Waals surface area contributed by atoms with Gasteiger partial charge in [-0.3, -0.25) is 9.59 Å². The lowest BCUT2D eigenvalue weighted by molar-refractivity contribution is -0.137. The molecule has 0 radical (unpaired) electrons. The fraction of sp³-hybridized carbons (Fsp3) is 0.294. The van der Waals surface area contributed by atoms with Gasteiger partial charge in [-0.05, 0) is 42.5 Å². The van der Waals surface area contributed by atoms with Gasteiger partial charge < -0.3 is 10.2 Å². The number of thiophene rings is 1. The molecular weight excluding hydrogens is 376 g/mol. The highest BCUT2D eigenvalue weighted by Crippen LogP contribution is 2.42. The van der Waals surface area contributed by atoms with Crippen molar-refractivity contribution in [3.05, 3.63) is 50.6 Å². The lowest BCUT2D eigenvalue weighted by atomic mass is 10.0. The van der Waals surface area contributed by atoms with Gasteiger partial charge in [0.2, 0.25) is 11.8 Å². The zero-order valence-corrected chi connectivity index (χ0v) is 14.7. The topological polar surface area (TPSA) is 49.4 Å². The van der Waals surface area contributed by atoms with Crippen molar-refractivity contribution < 1.29 is 9.59 Å². The predicted molar refractivity (Wildman–Crippen MR) is 93.4 cm³/mol. The van der Waals surface area contributed by atoms with Crippen LogP contribution in [0.15, 0.2) is 40.2 Å². The molecule has 0 saturated heterocycles. The monoisotopic (exact) mass is 390 g/mol. The van der Waals surface area contributed by atoms with Crippen LogP contribution in [-0.2, 0) is 9.59 Å². The molecule has 23 heavy (non-hydrogen) atoms. The van der Waals surface area contributed by atoms with Crippen LogP contribution >= 0.6 is 27.3 Å². The summed E-state index contributed by atoms with van der Waals surface area (Å²) >= 11 is 5.12. The third kappa shape index (κ3) is 2.81. The van der Waals surface area contributed by atoms with Crippen molar-refractivity contribution in [2.24, 2.45) is 5.92 Å². The quantitative estimate of drug-likeness (QED) is 0.847. The number of rotatable bonds is 2. The second kappa shape index (κ2) is 5.76. The van der Waals surface area contributed by atoms with E-state index >= 15 is 0 Å². The highest BCUT2D eigenvalue weighted by atomic mass is 79.9. The van der Waals surface area contributed by atoms with E-state index in [0.717, 1.165) is 33.4 Å². The molecule has 2 aliphatic rings. The summed E-state index contributed by atoms with van der Waals surface area (Å²) in [6.45, 7) is 0.101. The molecule has 1 aliphatic heterocycles. The van der Waals surface area contributed by atoms with Crippen LogP contribution < -0.4 is 5.32 Å². The number of benzene rings is 1. The van der Waals surface area contributed by atoms with E-state index in [-0.39, 0.29) is 30.3 Å². The molecule has 118 valence electrons. The Hall–Kier alpha value is -1.66.